The summed E-state index contributed by atoms with van der Waals surface area (Å²) in [5, 5.41) is 8.80. The number of carbonyl (C=O) groups excluding carboxylic acids is 1. The third kappa shape index (κ3) is 4.05. The zero-order valence-electron chi connectivity index (χ0n) is 9.46. The quantitative estimate of drug-likeness (QED) is 0.801. The predicted octanol–water partition coefficient (Wildman–Crippen LogP) is 2.16. The summed E-state index contributed by atoms with van der Waals surface area (Å²) >= 11 is 3.18. The van der Waals surface area contributed by atoms with Gasteiger partial charge in [0.05, 0.1) is 0 Å². The lowest BCUT2D eigenvalue weighted by molar-refractivity contribution is 0.247. The van der Waals surface area contributed by atoms with E-state index in [9.17, 15) is 4.79 Å². The largest absolute Gasteiger partial charge is 0.434 e. The van der Waals surface area contributed by atoms with Crippen LogP contribution in [0.15, 0.2) is 21.2 Å². The van der Waals surface area contributed by atoms with Gasteiger partial charge in [0.15, 0.2) is 4.67 Å². The molecule has 1 fully saturated rings. The Morgan fingerprint density at radius 3 is 3.12 bits per heavy atom. The van der Waals surface area contributed by atoms with Crippen molar-refractivity contribution in [1.82, 2.24) is 10.6 Å². The topological polar surface area (TPSA) is 66.3 Å². The lowest BCUT2D eigenvalue weighted by Crippen LogP contribution is -2.39. The van der Waals surface area contributed by atoms with Gasteiger partial charge in [-0.05, 0) is 53.8 Å². The molecule has 1 aromatic heterocycles. The molecule has 17 heavy (non-hydrogen) atoms. The Kier molecular flexibility index (Phi) is 4.44. The molecule has 1 aliphatic rings. The molecule has 1 unspecified atom stereocenters. The minimum absolute atomic E-state index is 0.225. The van der Waals surface area contributed by atoms with Crippen LogP contribution in [-0.4, -0.2) is 25.7 Å². The Hall–Kier alpha value is -1.01. The first kappa shape index (κ1) is 12.4. The van der Waals surface area contributed by atoms with E-state index in [2.05, 4.69) is 31.9 Å². The van der Waals surface area contributed by atoms with Gasteiger partial charge in [-0.1, -0.05) is 0 Å². The van der Waals surface area contributed by atoms with E-state index in [1.165, 1.54) is 12.8 Å². The number of urea groups is 1. The van der Waals surface area contributed by atoms with Crippen molar-refractivity contribution in [2.75, 3.05) is 25.0 Å². The molecule has 94 valence electrons. The van der Waals surface area contributed by atoms with E-state index in [0.29, 0.717) is 23.0 Å². The zero-order chi connectivity index (χ0) is 12.1. The standard InChI is InChI=1S/C11H16BrN3O2/c12-9-3-4-10(17-9)15-11(16)14-7-8-2-1-5-13-6-8/h3-4,8,13H,1-2,5-7H2,(H2,14,15,16). The molecule has 1 aromatic rings. The van der Waals surface area contributed by atoms with Crippen LogP contribution in [0.2, 0.25) is 0 Å². The van der Waals surface area contributed by atoms with Crippen molar-refractivity contribution in [3.63, 3.8) is 0 Å². The fraction of sp³-hybridized carbons (Fsp3) is 0.545. The molecule has 2 rings (SSSR count). The van der Waals surface area contributed by atoms with Crippen LogP contribution in [0, 0.1) is 5.92 Å². The summed E-state index contributed by atoms with van der Waals surface area (Å²) in [7, 11) is 0. The van der Waals surface area contributed by atoms with Gasteiger partial charge in [-0.15, -0.1) is 0 Å². The zero-order valence-corrected chi connectivity index (χ0v) is 11.0. The van der Waals surface area contributed by atoms with Gasteiger partial charge in [0, 0.05) is 12.6 Å². The van der Waals surface area contributed by atoms with Gasteiger partial charge < -0.3 is 15.1 Å². The highest BCUT2D eigenvalue weighted by molar-refractivity contribution is 9.10. The van der Waals surface area contributed by atoms with Crippen LogP contribution >= 0.6 is 15.9 Å². The molecule has 6 heteroatoms. The molecule has 0 aliphatic carbocycles. The van der Waals surface area contributed by atoms with Gasteiger partial charge in [-0.2, -0.15) is 0 Å². The first-order chi connectivity index (χ1) is 8.24. The number of hydrogen-bond donors (Lipinski definition) is 3. The first-order valence-corrected chi connectivity index (χ1v) is 6.54. The van der Waals surface area contributed by atoms with Gasteiger partial charge in [0.25, 0.3) is 0 Å². The molecule has 1 aliphatic heterocycles. The molecule has 0 bridgehead atoms. The van der Waals surface area contributed by atoms with Crippen LogP contribution < -0.4 is 16.0 Å². The van der Waals surface area contributed by atoms with Crippen LogP contribution in [0.5, 0.6) is 0 Å². The number of nitrogens with one attached hydrogen (secondary N) is 3. The fourth-order valence-electron chi connectivity index (χ4n) is 1.87. The lowest BCUT2D eigenvalue weighted by atomic mass is 10.00. The smallest absolute Gasteiger partial charge is 0.321 e. The van der Waals surface area contributed by atoms with Crippen LogP contribution in [0.25, 0.3) is 0 Å². The van der Waals surface area contributed by atoms with Crippen molar-refractivity contribution in [2.45, 2.75) is 12.8 Å². The third-order valence-corrected chi connectivity index (χ3v) is 3.19. The number of carbonyl (C=O) groups is 1. The van der Waals surface area contributed by atoms with Crippen LogP contribution in [0.3, 0.4) is 0 Å². The Bertz CT molecular complexity index is 375. The molecule has 2 heterocycles. The van der Waals surface area contributed by atoms with E-state index < -0.39 is 0 Å². The Morgan fingerprint density at radius 1 is 1.59 bits per heavy atom. The Balaban J connectivity index is 1.70. The summed E-state index contributed by atoms with van der Waals surface area (Å²) in [6, 6.07) is 3.21. The Labute approximate surface area is 108 Å². The summed E-state index contributed by atoms with van der Waals surface area (Å²) in [6.07, 6.45) is 2.35. The van der Waals surface area contributed by atoms with Crippen LogP contribution in [0.1, 0.15) is 12.8 Å². The fourth-order valence-corrected chi connectivity index (χ4v) is 2.18. The lowest BCUT2D eigenvalue weighted by Gasteiger charge is -2.22. The molecule has 1 atom stereocenters. The van der Waals surface area contributed by atoms with E-state index in [-0.39, 0.29) is 6.03 Å². The van der Waals surface area contributed by atoms with Crippen molar-refractivity contribution in [1.29, 1.82) is 0 Å². The number of piperidine rings is 1. The molecular formula is C11H16BrN3O2. The molecular weight excluding hydrogens is 286 g/mol. The maximum absolute atomic E-state index is 11.5. The van der Waals surface area contributed by atoms with Gasteiger partial charge in [-0.3, -0.25) is 5.32 Å². The number of amides is 2. The van der Waals surface area contributed by atoms with E-state index in [4.69, 9.17) is 4.42 Å². The maximum Gasteiger partial charge on any atom is 0.321 e. The van der Waals surface area contributed by atoms with Gasteiger partial charge in [-0.25, -0.2) is 4.79 Å². The number of rotatable bonds is 3. The van der Waals surface area contributed by atoms with E-state index in [1.807, 2.05) is 0 Å². The van der Waals surface area contributed by atoms with Gasteiger partial charge in [0.1, 0.15) is 0 Å². The maximum atomic E-state index is 11.5. The minimum atomic E-state index is -0.225. The molecule has 0 saturated carbocycles. The van der Waals surface area contributed by atoms with Crippen molar-refractivity contribution in [3.8, 4) is 0 Å². The third-order valence-electron chi connectivity index (χ3n) is 2.76. The van der Waals surface area contributed by atoms with Crippen molar-refractivity contribution < 1.29 is 9.21 Å². The number of anilines is 1. The summed E-state index contributed by atoms with van der Waals surface area (Å²) in [5.41, 5.74) is 0. The predicted molar refractivity (Wildman–Crippen MR) is 69.0 cm³/mol. The summed E-state index contributed by atoms with van der Waals surface area (Å²) < 4.78 is 5.78. The van der Waals surface area contributed by atoms with E-state index in [0.717, 1.165) is 13.1 Å². The summed E-state index contributed by atoms with van der Waals surface area (Å²) in [5.74, 6) is 0.967. The van der Waals surface area contributed by atoms with E-state index >= 15 is 0 Å². The number of hydrogen-bond acceptors (Lipinski definition) is 3. The molecule has 3 N–H and O–H groups in total. The second kappa shape index (κ2) is 6.07. The highest BCUT2D eigenvalue weighted by Crippen LogP contribution is 2.18. The number of halogens is 1. The first-order valence-electron chi connectivity index (χ1n) is 5.75. The van der Waals surface area contributed by atoms with Gasteiger partial charge >= 0.3 is 6.03 Å². The number of furan rings is 1. The molecule has 5 nitrogen and oxygen atoms in total. The van der Waals surface area contributed by atoms with Crippen LogP contribution in [-0.2, 0) is 0 Å². The van der Waals surface area contributed by atoms with E-state index in [1.54, 1.807) is 12.1 Å². The average Bonchev–Trinajstić information content (AvgIpc) is 2.73. The molecule has 1 saturated heterocycles. The Morgan fingerprint density at radius 2 is 2.47 bits per heavy atom. The summed E-state index contributed by atoms with van der Waals surface area (Å²) in [6.45, 7) is 2.76. The molecule has 0 spiro atoms. The van der Waals surface area contributed by atoms with Gasteiger partial charge in [0.2, 0.25) is 5.88 Å². The molecule has 0 radical (unpaired) electrons. The molecule has 2 amide bonds. The van der Waals surface area contributed by atoms with Crippen LogP contribution in [0.4, 0.5) is 10.7 Å². The second-order valence-corrected chi connectivity index (χ2v) is 4.93. The van der Waals surface area contributed by atoms with Crippen molar-refractivity contribution >= 4 is 27.8 Å². The molecule has 0 aromatic carbocycles. The van der Waals surface area contributed by atoms with Crippen molar-refractivity contribution in [2.24, 2.45) is 5.92 Å². The normalized spacial score (nSPS) is 19.9. The highest BCUT2D eigenvalue weighted by Gasteiger charge is 2.14. The minimum Gasteiger partial charge on any atom is -0.434 e. The van der Waals surface area contributed by atoms with Crippen molar-refractivity contribution in [3.05, 3.63) is 16.8 Å². The average molecular weight is 302 g/mol. The highest BCUT2D eigenvalue weighted by atomic mass is 79.9. The monoisotopic (exact) mass is 301 g/mol. The SMILES string of the molecule is O=C(NCC1CCCNC1)Nc1ccc(Br)o1. The second-order valence-electron chi connectivity index (χ2n) is 4.15. The summed E-state index contributed by atoms with van der Waals surface area (Å²) in [4.78, 5) is 11.5.